The van der Waals surface area contributed by atoms with Crippen LogP contribution in [0.1, 0.15) is 12.6 Å². The van der Waals surface area contributed by atoms with Crippen LogP contribution >= 0.6 is 11.6 Å². The Kier molecular flexibility index (Phi) is 4.58. The van der Waals surface area contributed by atoms with Gasteiger partial charge in [-0.1, -0.05) is 0 Å². The van der Waals surface area contributed by atoms with E-state index in [2.05, 4.69) is 4.98 Å². The highest BCUT2D eigenvalue weighted by atomic mass is 35.5. The molecule has 20 heavy (non-hydrogen) atoms. The van der Waals surface area contributed by atoms with Gasteiger partial charge in [-0.05, 0) is 0 Å². The molecular formula is C11H13ClN2O6. The molecule has 3 atom stereocenters. The summed E-state index contributed by atoms with van der Waals surface area (Å²) in [5, 5.41) is 9.89. The smallest absolute Gasteiger partial charge is 0.330 e. The van der Waals surface area contributed by atoms with Crippen LogP contribution < -0.4 is 11.2 Å². The SMILES string of the molecule is O=C(CCl)OC[C@@H]1C[C@H](O)[C@H](n2ccc(=O)[nH]c2=O)O1. The third-order valence-corrected chi connectivity index (χ3v) is 3.05. The van der Waals surface area contributed by atoms with E-state index in [1.54, 1.807) is 0 Å². The molecule has 0 amide bonds. The monoisotopic (exact) mass is 304 g/mol. The fraction of sp³-hybridized carbons (Fsp3) is 0.545. The van der Waals surface area contributed by atoms with Crippen LogP contribution in [-0.4, -0.2) is 45.3 Å². The molecule has 8 nitrogen and oxygen atoms in total. The highest BCUT2D eigenvalue weighted by Gasteiger charge is 2.36. The number of nitrogens with zero attached hydrogens (tertiary/aromatic N) is 1. The van der Waals surface area contributed by atoms with Gasteiger partial charge < -0.3 is 14.6 Å². The number of hydrogen-bond acceptors (Lipinski definition) is 6. The van der Waals surface area contributed by atoms with Crippen molar-refractivity contribution in [3.05, 3.63) is 33.1 Å². The molecule has 0 saturated carbocycles. The summed E-state index contributed by atoms with van der Waals surface area (Å²) in [6, 6.07) is 1.15. The second-order valence-corrected chi connectivity index (χ2v) is 4.55. The number of rotatable bonds is 4. The first kappa shape index (κ1) is 14.8. The van der Waals surface area contributed by atoms with Crippen LogP contribution in [0.2, 0.25) is 0 Å². The molecule has 1 aliphatic rings. The molecule has 1 saturated heterocycles. The first-order valence-corrected chi connectivity index (χ1v) is 6.41. The topological polar surface area (TPSA) is 111 Å². The summed E-state index contributed by atoms with van der Waals surface area (Å²) in [6.45, 7) is -0.0583. The van der Waals surface area contributed by atoms with Crippen molar-refractivity contribution < 1.29 is 19.4 Å². The number of nitrogens with one attached hydrogen (secondary N) is 1. The van der Waals surface area contributed by atoms with E-state index in [0.29, 0.717) is 0 Å². The molecule has 1 aromatic heterocycles. The number of aliphatic hydroxyl groups is 1. The summed E-state index contributed by atoms with van der Waals surface area (Å²) < 4.78 is 11.3. The number of aromatic amines is 1. The average molecular weight is 305 g/mol. The Bertz CT molecular complexity index is 597. The Morgan fingerprint density at radius 2 is 2.35 bits per heavy atom. The van der Waals surface area contributed by atoms with Crippen molar-refractivity contribution in [1.82, 2.24) is 9.55 Å². The van der Waals surface area contributed by atoms with Crippen molar-refractivity contribution in [2.45, 2.75) is 24.9 Å². The third-order valence-electron chi connectivity index (χ3n) is 2.83. The fourth-order valence-electron chi connectivity index (χ4n) is 1.94. The summed E-state index contributed by atoms with van der Waals surface area (Å²) in [7, 11) is 0. The van der Waals surface area contributed by atoms with Crippen LogP contribution in [0.5, 0.6) is 0 Å². The lowest BCUT2D eigenvalue weighted by Crippen LogP contribution is -2.35. The van der Waals surface area contributed by atoms with Crippen molar-refractivity contribution in [2.24, 2.45) is 0 Å². The van der Waals surface area contributed by atoms with Gasteiger partial charge in [0, 0.05) is 18.7 Å². The number of alkyl halides is 1. The van der Waals surface area contributed by atoms with Crippen molar-refractivity contribution >= 4 is 17.6 Å². The van der Waals surface area contributed by atoms with Gasteiger partial charge in [-0.15, -0.1) is 11.6 Å². The maximum absolute atomic E-state index is 11.6. The van der Waals surface area contributed by atoms with Crippen LogP contribution in [0.15, 0.2) is 21.9 Å². The number of H-pyrrole nitrogens is 1. The number of carbonyl (C=O) groups excluding carboxylic acids is 1. The molecule has 0 bridgehead atoms. The molecule has 9 heteroatoms. The predicted molar refractivity (Wildman–Crippen MR) is 67.5 cm³/mol. The molecule has 1 fully saturated rings. The van der Waals surface area contributed by atoms with Gasteiger partial charge >= 0.3 is 11.7 Å². The molecule has 1 aromatic rings. The van der Waals surface area contributed by atoms with Gasteiger partial charge in [0.1, 0.15) is 18.6 Å². The second kappa shape index (κ2) is 6.21. The van der Waals surface area contributed by atoms with E-state index in [1.807, 2.05) is 0 Å². The van der Waals surface area contributed by atoms with Gasteiger partial charge in [-0.3, -0.25) is 19.1 Å². The number of carbonyl (C=O) groups is 1. The van der Waals surface area contributed by atoms with Gasteiger partial charge in [-0.25, -0.2) is 4.79 Å². The summed E-state index contributed by atoms with van der Waals surface area (Å²) >= 11 is 5.28. The summed E-state index contributed by atoms with van der Waals surface area (Å²) in [6.07, 6.45) is -0.980. The minimum absolute atomic E-state index is 0.0583. The lowest BCUT2D eigenvalue weighted by Gasteiger charge is -2.17. The predicted octanol–water partition coefficient (Wildman–Crippen LogP) is -1.03. The molecule has 2 N–H and O–H groups in total. The van der Waals surface area contributed by atoms with Crippen LogP contribution in [0, 0.1) is 0 Å². The Hall–Kier alpha value is -1.64. The standard InChI is InChI=1S/C11H13ClN2O6/c12-4-9(17)19-5-6-3-7(15)10(20-6)14-2-1-8(16)13-11(14)18/h1-2,6-7,10,15H,3-5H2,(H,13,16,18)/t6-,7-,10+/m0/s1. The molecule has 0 spiro atoms. The number of aliphatic hydroxyl groups excluding tert-OH is 1. The van der Waals surface area contributed by atoms with Gasteiger partial charge in [0.05, 0.1) is 6.10 Å². The van der Waals surface area contributed by atoms with E-state index in [9.17, 15) is 19.5 Å². The van der Waals surface area contributed by atoms with Crippen molar-refractivity contribution in [1.29, 1.82) is 0 Å². The lowest BCUT2D eigenvalue weighted by atomic mass is 10.2. The normalized spacial score (nSPS) is 25.6. The van der Waals surface area contributed by atoms with Gasteiger partial charge in [0.15, 0.2) is 6.23 Å². The van der Waals surface area contributed by atoms with E-state index in [0.717, 1.165) is 10.6 Å². The Morgan fingerprint density at radius 1 is 1.60 bits per heavy atom. The van der Waals surface area contributed by atoms with Crippen molar-refractivity contribution in [2.75, 3.05) is 12.5 Å². The minimum Gasteiger partial charge on any atom is -0.462 e. The van der Waals surface area contributed by atoms with E-state index in [4.69, 9.17) is 21.1 Å². The number of esters is 1. The van der Waals surface area contributed by atoms with E-state index < -0.39 is 35.7 Å². The molecule has 0 radical (unpaired) electrons. The molecule has 2 rings (SSSR count). The number of ether oxygens (including phenoxy) is 2. The van der Waals surface area contributed by atoms with Crippen LogP contribution in [0.25, 0.3) is 0 Å². The summed E-state index contributed by atoms with van der Waals surface area (Å²) in [5.41, 5.74) is -1.22. The van der Waals surface area contributed by atoms with E-state index in [1.165, 1.54) is 6.20 Å². The number of aromatic nitrogens is 2. The Labute approximate surface area is 117 Å². The molecular weight excluding hydrogens is 292 g/mol. The van der Waals surface area contributed by atoms with Crippen molar-refractivity contribution in [3.8, 4) is 0 Å². The quantitative estimate of drug-likeness (QED) is 0.543. The number of halogens is 1. The summed E-state index contributed by atoms with van der Waals surface area (Å²) in [5.74, 6) is -0.854. The highest BCUT2D eigenvalue weighted by molar-refractivity contribution is 6.26. The van der Waals surface area contributed by atoms with Crippen LogP contribution in [0.4, 0.5) is 0 Å². The molecule has 0 unspecified atom stereocenters. The first-order valence-electron chi connectivity index (χ1n) is 5.88. The minimum atomic E-state index is -0.946. The second-order valence-electron chi connectivity index (χ2n) is 4.29. The van der Waals surface area contributed by atoms with Gasteiger partial charge in [0.2, 0.25) is 0 Å². The summed E-state index contributed by atoms with van der Waals surface area (Å²) in [4.78, 5) is 35.6. The number of hydrogen-bond donors (Lipinski definition) is 2. The fourth-order valence-corrected chi connectivity index (χ4v) is 2.02. The third kappa shape index (κ3) is 3.27. The van der Waals surface area contributed by atoms with E-state index in [-0.39, 0.29) is 18.9 Å². The molecule has 110 valence electrons. The maximum atomic E-state index is 11.6. The molecule has 2 heterocycles. The zero-order valence-corrected chi connectivity index (χ0v) is 11.1. The zero-order valence-electron chi connectivity index (χ0n) is 10.3. The van der Waals surface area contributed by atoms with Crippen LogP contribution in [-0.2, 0) is 14.3 Å². The maximum Gasteiger partial charge on any atom is 0.330 e. The van der Waals surface area contributed by atoms with Crippen molar-refractivity contribution in [3.63, 3.8) is 0 Å². The zero-order chi connectivity index (χ0) is 14.7. The molecule has 0 aliphatic carbocycles. The Balaban J connectivity index is 2.05. The van der Waals surface area contributed by atoms with Gasteiger partial charge in [-0.2, -0.15) is 0 Å². The van der Waals surface area contributed by atoms with Gasteiger partial charge in [0.25, 0.3) is 5.56 Å². The van der Waals surface area contributed by atoms with E-state index >= 15 is 0 Å². The highest BCUT2D eigenvalue weighted by Crippen LogP contribution is 2.27. The lowest BCUT2D eigenvalue weighted by molar-refractivity contribution is -0.145. The molecule has 1 aliphatic heterocycles. The van der Waals surface area contributed by atoms with Crippen LogP contribution in [0.3, 0.4) is 0 Å². The Morgan fingerprint density at radius 3 is 3.00 bits per heavy atom. The average Bonchev–Trinajstić information content (AvgIpc) is 2.77. The molecule has 0 aromatic carbocycles. The first-order chi connectivity index (χ1) is 9.51. The largest absolute Gasteiger partial charge is 0.462 e.